The fraction of sp³-hybridized carbons (Fsp3) is 0.250. The molecule has 1 atom stereocenters. The predicted molar refractivity (Wildman–Crippen MR) is 100 cm³/mol. The molecule has 1 unspecified atom stereocenters. The van der Waals surface area contributed by atoms with E-state index < -0.39 is 0 Å². The number of rotatable bonds is 5. The molecule has 3 aromatic rings. The van der Waals surface area contributed by atoms with Gasteiger partial charge in [0.15, 0.2) is 5.82 Å². The summed E-state index contributed by atoms with van der Waals surface area (Å²) in [7, 11) is 0. The summed E-state index contributed by atoms with van der Waals surface area (Å²) < 4.78 is 13.0. The lowest BCUT2D eigenvalue weighted by Crippen LogP contribution is -2.26. The van der Waals surface area contributed by atoms with Crippen LogP contribution in [0.15, 0.2) is 54.7 Å². The molecule has 0 saturated carbocycles. The van der Waals surface area contributed by atoms with E-state index >= 15 is 0 Å². The van der Waals surface area contributed by atoms with Gasteiger partial charge < -0.3 is 10.2 Å². The highest BCUT2D eigenvalue weighted by Gasteiger charge is 2.29. The fourth-order valence-electron chi connectivity index (χ4n) is 3.34. The Hall–Kier alpha value is -3.02. The topological polar surface area (TPSA) is 53.9 Å². The standard InChI is InChI=1S/C20H20FN5/c1-14-12-16-4-2-3-5-18(16)26(14)20-24-19(13-23-25-20)22-11-10-15-6-8-17(21)9-7-15/h2-9,13-14H,10-12H2,1H3,(H,22,24,25). The van der Waals surface area contributed by atoms with Gasteiger partial charge in [-0.15, -0.1) is 5.10 Å². The molecule has 6 heteroatoms. The van der Waals surface area contributed by atoms with Crippen LogP contribution in [0.1, 0.15) is 18.1 Å². The van der Waals surface area contributed by atoms with Gasteiger partial charge in [0.05, 0.1) is 6.20 Å². The molecule has 2 aromatic carbocycles. The van der Waals surface area contributed by atoms with E-state index in [4.69, 9.17) is 0 Å². The van der Waals surface area contributed by atoms with Crippen LogP contribution in [0.25, 0.3) is 0 Å². The molecule has 5 nitrogen and oxygen atoms in total. The average Bonchev–Trinajstić information content (AvgIpc) is 2.99. The number of para-hydroxylation sites is 1. The first-order valence-electron chi connectivity index (χ1n) is 8.76. The summed E-state index contributed by atoms with van der Waals surface area (Å²) in [4.78, 5) is 6.76. The van der Waals surface area contributed by atoms with Gasteiger partial charge in [0.2, 0.25) is 0 Å². The van der Waals surface area contributed by atoms with Gasteiger partial charge in [-0.25, -0.2) is 4.39 Å². The Bertz CT molecular complexity index is 897. The fourth-order valence-corrected chi connectivity index (χ4v) is 3.34. The molecule has 2 heterocycles. The normalized spacial score (nSPS) is 15.8. The maximum absolute atomic E-state index is 13.0. The van der Waals surface area contributed by atoms with E-state index in [9.17, 15) is 4.39 Å². The summed E-state index contributed by atoms with van der Waals surface area (Å²) in [6.45, 7) is 2.86. The average molecular weight is 349 g/mol. The number of hydrogen-bond donors (Lipinski definition) is 1. The van der Waals surface area contributed by atoms with E-state index in [0.29, 0.717) is 24.4 Å². The Kier molecular flexibility index (Phi) is 4.48. The third-order valence-corrected chi connectivity index (χ3v) is 4.60. The van der Waals surface area contributed by atoms with Gasteiger partial charge in [0.1, 0.15) is 5.82 Å². The third kappa shape index (κ3) is 3.35. The van der Waals surface area contributed by atoms with Gasteiger partial charge >= 0.3 is 0 Å². The van der Waals surface area contributed by atoms with Crippen molar-refractivity contribution in [2.45, 2.75) is 25.8 Å². The quantitative estimate of drug-likeness (QED) is 0.760. The number of hydrogen-bond acceptors (Lipinski definition) is 5. The summed E-state index contributed by atoms with van der Waals surface area (Å²) in [6.07, 6.45) is 3.38. The number of aromatic nitrogens is 3. The van der Waals surface area contributed by atoms with Crippen LogP contribution in [-0.4, -0.2) is 27.8 Å². The van der Waals surface area contributed by atoms with E-state index in [0.717, 1.165) is 24.1 Å². The van der Waals surface area contributed by atoms with Crippen LogP contribution in [0.3, 0.4) is 0 Å². The maximum Gasteiger partial charge on any atom is 0.252 e. The number of nitrogens with zero attached hydrogens (tertiary/aromatic N) is 4. The molecule has 1 aliphatic heterocycles. The summed E-state index contributed by atoms with van der Waals surface area (Å²) in [5.41, 5.74) is 3.52. The van der Waals surface area contributed by atoms with E-state index in [1.807, 2.05) is 6.07 Å². The van der Waals surface area contributed by atoms with Crippen molar-refractivity contribution in [1.29, 1.82) is 0 Å². The van der Waals surface area contributed by atoms with E-state index in [1.165, 1.54) is 17.7 Å². The molecule has 132 valence electrons. The smallest absolute Gasteiger partial charge is 0.252 e. The van der Waals surface area contributed by atoms with Crippen molar-refractivity contribution < 1.29 is 4.39 Å². The summed E-state index contributed by atoms with van der Waals surface area (Å²) in [5.74, 6) is 1.08. The molecule has 0 saturated heterocycles. The zero-order valence-corrected chi connectivity index (χ0v) is 14.6. The molecular weight excluding hydrogens is 329 g/mol. The van der Waals surface area contributed by atoms with Crippen molar-refractivity contribution in [2.24, 2.45) is 0 Å². The van der Waals surface area contributed by atoms with Crippen LogP contribution in [0.4, 0.5) is 21.8 Å². The highest BCUT2D eigenvalue weighted by molar-refractivity contribution is 5.67. The number of anilines is 3. The molecular formula is C20H20FN5. The second kappa shape index (κ2) is 7.07. The predicted octanol–water partition coefficient (Wildman–Crippen LogP) is 3.75. The Morgan fingerprint density at radius 2 is 1.96 bits per heavy atom. The lowest BCUT2D eigenvalue weighted by molar-refractivity contribution is 0.627. The monoisotopic (exact) mass is 349 g/mol. The highest BCUT2D eigenvalue weighted by atomic mass is 19.1. The first-order chi connectivity index (χ1) is 12.7. The molecule has 0 amide bonds. The van der Waals surface area contributed by atoms with Gasteiger partial charge in [-0.2, -0.15) is 10.1 Å². The van der Waals surface area contributed by atoms with E-state index in [1.54, 1.807) is 18.3 Å². The first kappa shape index (κ1) is 16.4. The minimum Gasteiger partial charge on any atom is -0.368 e. The maximum atomic E-state index is 13.0. The SMILES string of the molecule is CC1Cc2ccccc2N1c1nncc(NCCc2ccc(F)cc2)n1. The number of benzene rings is 2. The van der Waals surface area contributed by atoms with Gasteiger partial charge in [-0.3, -0.25) is 0 Å². The Morgan fingerprint density at radius 3 is 2.81 bits per heavy atom. The van der Waals surface area contributed by atoms with Gasteiger partial charge in [-0.05, 0) is 49.1 Å². The van der Waals surface area contributed by atoms with E-state index in [-0.39, 0.29) is 5.82 Å². The molecule has 0 bridgehead atoms. The largest absolute Gasteiger partial charge is 0.368 e. The second-order valence-corrected chi connectivity index (χ2v) is 6.50. The Balaban J connectivity index is 1.46. The third-order valence-electron chi connectivity index (χ3n) is 4.60. The molecule has 1 aliphatic rings. The minimum atomic E-state index is -0.216. The summed E-state index contributed by atoms with van der Waals surface area (Å²) in [5, 5.41) is 11.6. The van der Waals surface area contributed by atoms with Crippen molar-refractivity contribution in [2.75, 3.05) is 16.8 Å². The van der Waals surface area contributed by atoms with Crippen LogP contribution < -0.4 is 10.2 Å². The minimum absolute atomic E-state index is 0.216. The van der Waals surface area contributed by atoms with Crippen LogP contribution in [0.5, 0.6) is 0 Å². The first-order valence-corrected chi connectivity index (χ1v) is 8.76. The Morgan fingerprint density at radius 1 is 1.15 bits per heavy atom. The number of halogens is 1. The lowest BCUT2D eigenvalue weighted by Gasteiger charge is -2.22. The second-order valence-electron chi connectivity index (χ2n) is 6.50. The van der Waals surface area contributed by atoms with Crippen molar-refractivity contribution in [3.8, 4) is 0 Å². The molecule has 0 aliphatic carbocycles. The molecule has 26 heavy (non-hydrogen) atoms. The zero-order valence-electron chi connectivity index (χ0n) is 14.6. The molecule has 0 radical (unpaired) electrons. The van der Waals surface area contributed by atoms with Crippen LogP contribution >= 0.6 is 0 Å². The van der Waals surface area contributed by atoms with Crippen LogP contribution in [-0.2, 0) is 12.8 Å². The molecule has 4 rings (SSSR count). The van der Waals surface area contributed by atoms with Gasteiger partial charge in [0.25, 0.3) is 5.95 Å². The lowest BCUT2D eigenvalue weighted by atomic mass is 10.1. The molecule has 1 N–H and O–H groups in total. The van der Waals surface area contributed by atoms with Gasteiger partial charge in [0, 0.05) is 18.3 Å². The van der Waals surface area contributed by atoms with Crippen molar-refractivity contribution >= 4 is 17.5 Å². The number of nitrogens with one attached hydrogen (secondary N) is 1. The van der Waals surface area contributed by atoms with Gasteiger partial charge in [-0.1, -0.05) is 30.3 Å². The van der Waals surface area contributed by atoms with E-state index in [2.05, 4.69) is 50.5 Å². The molecule has 0 fully saturated rings. The van der Waals surface area contributed by atoms with Crippen molar-refractivity contribution in [3.63, 3.8) is 0 Å². The highest BCUT2D eigenvalue weighted by Crippen LogP contribution is 2.36. The number of fused-ring (bicyclic) bond motifs is 1. The zero-order chi connectivity index (χ0) is 17.9. The Labute approximate surface area is 151 Å². The summed E-state index contributed by atoms with van der Waals surface area (Å²) >= 11 is 0. The van der Waals surface area contributed by atoms with Crippen LogP contribution in [0.2, 0.25) is 0 Å². The van der Waals surface area contributed by atoms with Crippen molar-refractivity contribution in [1.82, 2.24) is 15.2 Å². The molecule has 1 aromatic heterocycles. The molecule has 0 spiro atoms. The van der Waals surface area contributed by atoms with Crippen LogP contribution in [0, 0.1) is 5.82 Å². The van der Waals surface area contributed by atoms with Crippen molar-refractivity contribution in [3.05, 3.63) is 71.7 Å². The summed E-state index contributed by atoms with van der Waals surface area (Å²) in [6, 6.07) is 15.2.